The fraction of sp³-hybridized carbons (Fsp3) is 0. The molecule has 1 aliphatic rings. The summed E-state index contributed by atoms with van der Waals surface area (Å²) < 4.78 is 6.67. The van der Waals surface area contributed by atoms with Crippen LogP contribution in [0.15, 0.2) is 64.0 Å². The van der Waals surface area contributed by atoms with Gasteiger partial charge in [0.05, 0.1) is 0 Å². The predicted molar refractivity (Wildman–Crippen MR) is 106 cm³/mol. The van der Waals surface area contributed by atoms with Crippen molar-refractivity contribution in [2.75, 3.05) is 0 Å². The normalized spacial score (nSPS) is 17.5. The molecular formula is C16H10I2Te2. The summed E-state index contributed by atoms with van der Waals surface area (Å²) in [6.07, 6.45) is 0. The van der Waals surface area contributed by atoms with Gasteiger partial charge in [-0.05, 0) is 0 Å². The van der Waals surface area contributed by atoms with E-state index in [1.54, 1.807) is 6.92 Å². The van der Waals surface area contributed by atoms with E-state index in [4.69, 9.17) is 0 Å². The van der Waals surface area contributed by atoms with Gasteiger partial charge in [0.1, 0.15) is 0 Å². The Hall–Kier alpha value is 0.959. The van der Waals surface area contributed by atoms with Crippen LogP contribution in [-0.4, -0.2) is 41.8 Å². The Balaban J connectivity index is 1.92. The van der Waals surface area contributed by atoms with Crippen LogP contribution in [0, 0.1) is 0 Å². The van der Waals surface area contributed by atoms with Crippen LogP contribution in [0.5, 0.6) is 0 Å². The van der Waals surface area contributed by atoms with Crippen molar-refractivity contribution in [3.05, 3.63) is 75.1 Å². The first-order valence-electron chi connectivity index (χ1n) is 6.02. The Bertz CT molecular complexity index is 676. The van der Waals surface area contributed by atoms with Crippen LogP contribution in [0.2, 0.25) is 0 Å². The third-order valence-electron chi connectivity index (χ3n) is 2.80. The molecule has 4 heteroatoms. The number of benzene rings is 2. The average Bonchev–Trinajstić information content (AvgIpc) is 2.90. The van der Waals surface area contributed by atoms with Gasteiger partial charge >= 0.3 is 169 Å². The van der Waals surface area contributed by atoms with E-state index in [0.717, 1.165) is 0 Å². The molecule has 0 unspecified atom stereocenters. The van der Waals surface area contributed by atoms with Crippen molar-refractivity contribution in [3.8, 4) is 0 Å². The van der Waals surface area contributed by atoms with Gasteiger partial charge in [0.25, 0.3) is 0 Å². The van der Waals surface area contributed by atoms with Crippen molar-refractivity contribution in [2.24, 2.45) is 0 Å². The quantitative estimate of drug-likeness (QED) is 0.307. The fourth-order valence-corrected chi connectivity index (χ4v) is 18.7. The molecule has 2 aromatic carbocycles. The van der Waals surface area contributed by atoms with Crippen LogP contribution in [0.1, 0.15) is 11.1 Å². The Labute approximate surface area is 166 Å². The van der Waals surface area contributed by atoms with E-state index in [1.165, 1.54) is 14.7 Å². The molecule has 0 atom stereocenters. The van der Waals surface area contributed by atoms with Gasteiger partial charge < -0.3 is 0 Å². The first-order valence-corrected chi connectivity index (χ1v) is 12.8. The Morgan fingerprint density at radius 2 is 1.40 bits per heavy atom. The van der Waals surface area contributed by atoms with Gasteiger partial charge in [-0.25, -0.2) is 0 Å². The van der Waals surface area contributed by atoms with Crippen LogP contribution in [-0.2, 0) is 0 Å². The van der Waals surface area contributed by atoms with Gasteiger partial charge in [-0.2, -0.15) is 0 Å². The molecule has 0 saturated heterocycles. The second kappa shape index (κ2) is 7.49. The first kappa shape index (κ1) is 15.8. The van der Waals surface area contributed by atoms with Gasteiger partial charge in [-0.15, -0.1) is 0 Å². The van der Waals surface area contributed by atoms with Gasteiger partial charge in [0.15, 0.2) is 0 Å². The average molecular weight is 711 g/mol. The van der Waals surface area contributed by atoms with Crippen LogP contribution in [0.4, 0.5) is 0 Å². The van der Waals surface area contributed by atoms with Crippen molar-refractivity contribution in [3.63, 3.8) is 0 Å². The van der Waals surface area contributed by atoms with Crippen molar-refractivity contribution in [1.82, 2.24) is 0 Å². The second-order valence-corrected chi connectivity index (χ2v) is 16.9. The zero-order valence-corrected chi connectivity index (χ0v) is 19.3. The van der Waals surface area contributed by atoms with E-state index in [1.807, 2.05) is 0 Å². The van der Waals surface area contributed by atoms with Crippen molar-refractivity contribution < 1.29 is 0 Å². The van der Waals surface area contributed by atoms with Crippen molar-refractivity contribution in [2.45, 2.75) is 0 Å². The van der Waals surface area contributed by atoms with E-state index in [9.17, 15) is 0 Å². The summed E-state index contributed by atoms with van der Waals surface area (Å²) in [5.41, 5.74) is 2.86. The number of rotatable bonds is 2. The topological polar surface area (TPSA) is 0 Å². The monoisotopic (exact) mass is 716 g/mol. The molecule has 100 valence electrons. The molecule has 1 heterocycles. The van der Waals surface area contributed by atoms with Crippen molar-refractivity contribution in [1.29, 1.82) is 0 Å². The minimum atomic E-state index is -0.174. The second-order valence-electron chi connectivity index (χ2n) is 4.14. The summed E-state index contributed by atoms with van der Waals surface area (Å²) in [5, 5.41) is 0. The van der Waals surface area contributed by atoms with E-state index < -0.39 is 0 Å². The summed E-state index contributed by atoms with van der Waals surface area (Å²) in [6, 6.07) is 21.8. The van der Waals surface area contributed by atoms with Crippen LogP contribution >= 0.6 is 45.2 Å². The molecule has 0 radical (unpaired) electrons. The Kier molecular flexibility index (Phi) is 5.93. The van der Waals surface area contributed by atoms with Gasteiger partial charge in [0, 0.05) is 0 Å². The molecule has 1 aliphatic heterocycles. The molecule has 0 aromatic heterocycles. The molecule has 2 aromatic rings. The number of hydrogen-bond acceptors (Lipinski definition) is 0. The summed E-state index contributed by atoms with van der Waals surface area (Å²) >= 11 is 4.87. The third-order valence-corrected chi connectivity index (χ3v) is 19.0. The van der Waals surface area contributed by atoms with Crippen LogP contribution < -0.4 is 0 Å². The molecule has 0 fully saturated rings. The SMILES string of the molecule is IC1=C(c2ccccc2)[Te]/C(=C(\I)c2ccccc2)[Te]1. The van der Waals surface area contributed by atoms with Crippen LogP contribution in [0.3, 0.4) is 0 Å². The molecular weight excluding hydrogens is 701 g/mol. The Morgan fingerprint density at radius 1 is 0.800 bits per heavy atom. The predicted octanol–water partition coefficient (Wildman–Crippen LogP) is 4.93. The molecule has 0 bridgehead atoms. The summed E-state index contributed by atoms with van der Waals surface area (Å²) in [6.45, 7) is 0. The third kappa shape index (κ3) is 3.64. The van der Waals surface area contributed by atoms with Crippen LogP contribution in [0.25, 0.3) is 7.20 Å². The maximum absolute atomic E-state index is 2.60. The fourth-order valence-electron chi connectivity index (χ4n) is 1.84. The molecule has 0 aliphatic carbocycles. The van der Waals surface area contributed by atoms with E-state index in [0.29, 0.717) is 0 Å². The standard InChI is InChI=1S/C16H10I2Te2/c17-13(11-7-3-1-4-8-11)16-19-14(15(18)20-16)12-9-5-2-6-10-12/h1-10H/b16-13+. The van der Waals surface area contributed by atoms with E-state index >= 15 is 0 Å². The first-order chi connectivity index (χ1) is 9.75. The molecule has 3 rings (SSSR count). The van der Waals surface area contributed by atoms with Gasteiger partial charge in [-0.1, -0.05) is 0 Å². The van der Waals surface area contributed by atoms with Gasteiger partial charge in [0.2, 0.25) is 0 Å². The zero-order chi connectivity index (χ0) is 13.9. The molecule has 0 saturated carbocycles. The van der Waals surface area contributed by atoms with E-state index in [-0.39, 0.29) is 41.8 Å². The summed E-state index contributed by atoms with van der Waals surface area (Å²) in [4.78, 5) is 0. The number of hydrogen-bond donors (Lipinski definition) is 0. The van der Waals surface area contributed by atoms with E-state index in [2.05, 4.69) is 106 Å². The molecule has 0 spiro atoms. The molecule has 0 nitrogen and oxygen atoms in total. The summed E-state index contributed by atoms with van der Waals surface area (Å²) in [7, 11) is 0. The zero-order valence-electron chi connectivity index (χ0n) is 10.3. The van der Waals surface area contributed by atoms with Gasteiger partial charge in [-0.3, -0.25) is 0 Å². The summed E-state index contributed by atoms with van der Waals surface area (Å²) in [5.74, 6) is 0. The van der Waals surface area contributed by atoms with Crippen molar-refractivity contribution >= 4 is 94.2 Å². The molecule has 20 heavy (non-hydrogen) atoms. The minimum absolute atomic E-state index is 0.118. The molecule has 0 N–H and O–H groups in total. The Morgan fingerprint density at radius 3 is 2.05 bits per heavy atom. The maximum atomic E-state index is 2.60. The number of halogens is 2. The molecule has 0 amide bonds.